The van der Waals surface area contributed by atoms with Crippen LogP contribution in [-0.4, -0.2) is 48.1 Å². The van der Waals surface area contributed by atoms with E-state index in [-0.39, 0.29) is 17.5 Å². The van der Waals surface area contributed by atoms with Gasteiger partial charge in [-0.1, -0.05) is 24.3 Å². The first-order chi connectivity index (χ1) is 11.0. The topological polar surface area (TPSA) is 73.5 Å². The van der Waals surface area contributed by atoms with E-state index < -0.39 is 6.04 Å². The van der Waals surface area contributed by atoms with Crippen molar-refractivity contribution in [3.63, 3.8) is 0 Å². The molecule has 2 aliphatic heterocycles. The van der Waals surface area contributed by atoms with Crippen LogP contribution < -0.4 is 16.0 Å². The average Bonchev–Trinajstić information content (AvgIpc) is 2.99. The first-order valence-electron chi connectivity index (χ1n) is 8.10. The Labute approximate surface area is 136 Å². The molecule has 0 aromatic heterocycles. The molecule has 0 unspecified atom stereocenters. The Balaban J connectivity index is 1.57. The van der Waals surface area contributed by atoms with Crippen LogP contribution in [0.2, 0.25) is 0 Å². The van der Waals surface area contributed by atoms with E-state index in [0.29, 0.717) is 13.1 Å². The van der Waals surface area contributed by atoms with Gasteiger partial charge in [-0.05, 0) is 31.4 Å². The molecule has 3 N–H and O–H groups in total. The van der Waals surface area contributed by atoms with Crippen molar-refractivity contribution in [3.05, 3.63) is 35.4 Å². The monoisotopic (exact) mass is 316 g/mol. The number of hydrogen-bond acceptors (Lipinski definition) is 3. The van der Waals surface area contributed by atoms with Crippen molar-refractivity contribution in [1.82, 2.24) is 20.9 Å². The fourth-order valence-corrected chi connectivity index (χ4v) is 3.16. The maximum atomic E-state index is 12.1. The van der Waals surface area contributed by atoms with E-state index in [0.717, 1.165) is 19.5 Å². The molecule has 0 spiro atoms. The molecule has 1 aromatic carbocycles. The first-order valence-corrected chi connectivity index (χ1v) is 8.10. The quantitative estimate of drug-likeness (QED) is 0.762. The van der Waals surface area contributed by atoms with Gasteiger partial charge in [0.15, 0.2) is 0 Å². The molecular formula is C17H24N4O2. The van der Waals surface area contributed by atoms with Crippen LogP contribution in [-0.2, 0) is 17.8 Å². The van der Waals surface area contributed by atoms with E-state index in [1.54, 1.807) is 0 Å². The van der Waals surface area contributed by atoms with E-state index in [1.165, 1.54) is 11.1 Å². The van der Waals surface area contributed by atoms with Crippen molar-refractivity contribution in [2.24, 2.45) is 0 Å². The second-order valence-corrected chi connectivity index (χ2v) is 6.88. The van der Waals surface area contributed by atoms with Crippen LogP contribution in [0.25, 0.3) is 0 Å². The van der Waals surface area contributed by atoms with Gasteiger partial charge >= 0.3 is 6.03 Å². The molecule has 6 nitrogen and oxygen atoms in total. The number of carbonyl (C=O) groups is 2. The number of fused-ring (bicyclic) bond motifs is 1. The molecule has 0 bridgehead atoms. The lowest BCUT2D eigenvalue weighted by Gasteiger charge is -2.41. The van der Waals surface area contributed by atoms with Crippen LogP contribution in [0, 0.1) is 0 Å². The third-order valence-corrected chi connectivity index (χ3v) is 4.77. The summed E-state index contributed by atoms with van der Waals surface area (Å²) < 4.78 is 0. The largest absolute Gasteiger partial charge is 0.352 e. The smallest absolute Gasteiger partial charge is 0.315 e. The average molecular weight is 316 g/mol. The molecule has 2 aliphatic rings. The summed E-state index contributed by atoms with van der Waals surface area (Å²) in [6.45, 7) is 7.09. The Morgan fingerprint density at radius 1 is 1.35 bits per heavy atom. The van der Waals surface area contributed by atoms with Gasteiger partial charge in [-0.3, -0.25) is 9.69 Å². The summed E-state index contributed by atoms with van der Waals surface area (Å²) in [5.41, 5.74) is 2.65. The van der Waals surface area contributed by atoms with E-state index in [2.05, 4.69) is 59.0 Å². The molecule has 3 rings (SSSR count). The summed E-state index contributed by atoms with van der Waals surface area (Å²) in [4.78, 5) is 25.7. The maximum absolute atomic E-state index is 12.1. The third kappa shape index (κ3) is 3.47. The summed E-state index contributed by atoms with van der Waals surface area (Å²) in [7, 11) is 0. The lowest BCUT2D eigenvalue weighted by molar-refractivity contribution is -0.123. The third-order valence-electron chi connectivity index (χ3n) is 4.77. The Bertz CT molecular complexity index is 614. The van der Waals surface area contributed by atoms with Gasteiger partial charge in [-0.15, -0.1) is 0 Å². The lowest BCUT2D eigenvalue weighted by Crippen LogP contribution is -2.55. The van der Waals surface area contributed by atoms with Crippen LogP contribution in [0.4, 0.5) is 4.79 Å². The molecule has 6 heteroatoms. The number of amides is 3. The number of rotatable bonds is 4. The fraction of sp³-hybridized carbons (Fsp3) is 0.529. The van der Waals surface area contributed by atoms with Gasteiger partial charge in [-0.2, -0.15) is 0 Å². The standard InChI is InChI=1S/C17H24N4O2/c1-17(2,11-19-15(22)14-9-18-16(23)20-14)21-8-7-12-5-3-4-6-13(12)10-21/h3-6,14H,7-11H2,1-2H3,(H,19,22)(H2,18,20,23)/t14-/m1/s1. The highest BCUT2D eigenvalue weighted by Gasteiger charge is 2.32. The molecule has 0 aliphatic carbocycles. The minimum atomic E-state index is -0.472. The number of urea groups is 1. The van der Waals surface area contributed by atoms with Crippen molar-refractivity contribution in [3.8, 4) is 0 Å². The predicted molar refractivity (Wildman–Crippen MR) is 88.0 cm³/mol. The number of hydrogen-bond donors (Lipinski definition) is 3. The molecule has 1 saturated heterocycles. The van der Waals surface area contributed by atoms with Crippen molar-refractivity contribution in [2.45, 2.75) is 38.4 Å². The zero-order valence-corrected chi connectivity index (χ0v) is 13.7. The molecule has 0 saturated carbocycles. The Kier molecular flexibility index (Phi) is 4.26. The maximum Gasteiger partial charge on any atom is 0.315 e. The molecule has 3 amide bonds. The summed E-state index contributed by atoms with van der Waals surface area (Å²) in [5, 5.41) is 8.18. The van der Waals surface area contributed by atoms with Crippen LogP contribution in [0.15, 0.2) is 24.3 Å². The molecule has 1 atom stereocenters. The Morgan fingerprint density at radius 2 is 2.09 bits per heavy atom. The summed E-state index contributed by atoms with van der Waals surface area (Å²) in [6.07, 6.45) is 1.04. The SMILES string of the molecule is CC(C)(CNC(=O)[C@H]1CNC(=O)N1)N1CCc2ccccc2C1. The van der Waals surface area contributed by atoms with Gasteiger partial charge in [0.1, 0.15) is 6.04 Å². The second-order valence-electron chi connectivity index (χ2n) is 6.88. The van der Waals surface area contributed by atoms with Crippen LogP contribution in [0.3, 0.4) is 0 Å². The minimum absolute atomic E-state index is 0.131. The zero-order chi connectivity index (χ0) is 16.4. The molecule has 1 fully saturated rings. The molecule has 1 aromatic rings. The van der Waals surface area contributed by atoms with E-state index in [4.69, 9.17) is 0 Å². The van der Waals surface area contributed by atoms with E-state index in [1.807, 2.05) is 0 Å². The second kappa shape index (κ2) is 6.20. The van der Waals surface area contributed by atoms with E-state index >= 15 is 0 Å². The highest BCUT2D eigenvalue weighted by atomic mass is 16.2. The molecule has 0 radical (unpaired) electrons. The van der Waals surface area contributed by atoms with Crippen LogP contribution in [0.5, 0.6) is 0 Å². The molecule has 23 heavy (non-hydrogen) atoms. The van der Waals surface area contributed by atoms with Crippen molar-refractivity contribution in [2.75, 3.05) is 19.6 Å². The van der Waals surface area contributed by atoms with Gasteiger partial charge in [0.25, 0.3) is 0 Å². The summed E-state index contributed by atoms with van der Waals surface area (Å²) >= 11 is 0. The van der Waals surface area contributed by atoms with Gasteiger partial charge < -0.3 is 16.0 Å². The number of carbonyl (C=O) groups excluding carboxylic acids is 2. The normalized spacial score (nSPS) is 21.3. The van der Waals surface area contributed by atoms with Gasteiger partial charge in [0.2, 0.25) is 5.91 Å². The van der Waals surface area contributed by atoms with Gasteiger partial charge in [0, 0.05) is 31.7 Å². The first kappa shape index (κ1) is 15.8. The Morgan fingerprint density at radius 3 is 2.78 bits per heavy atom. The van der Waals surface area contributed by atoms with Gasteiger partial charge in [-0.25, -0.2) is 4.79 Å². The van der Waals surface area contributed by atoms with Crippen molar-refractivity contribution < 1.29 is 9.59 Å². The summed E-state index contributed by atoms with van der Waals surface area (Å²) in [6, 6.07) is 7.78. The lowest BCUT2D eigenvalue weighted by atomic mass is 9.94. The van der Waals surface area contributed by atoms with Gasteiger partial charge in [0.05, 0.1) is 0 Å². The fourth-order valence-electron chi connectivity index (χ4n) is 3.16. The zero-order valence-electron chi connectivity index (χ0n) is 13.7. The highest BCUT2D eigenvalue weighted by molar-refractivity contribution is 5.90. The molecular weight excluding hydrogens is 292 g/mol. The number of nitrogens with one attached hydrogen (secondary N) is 3. The molecule has 124 valence electrons. The van der Waals surface area contributed by atoms with Crippen LogP contribution in [0.1, 0.15) is 25.0 Å². The summed E-state index contributed by atoms with van der Waals surface area (Å²) in [5.74, 6) is -0.131. The number of nitrogens with zero attached hydrogens (tertiary/aromatic N) is 1. The minimum Gasteiger partial charge on any atom is -0.352 e. The predicted octanol–water partition coefficient (Wildman–Crippen LogP) is 0.621. The number of benzene rings is 1. The Hall–Kier alpha value is -2.08. The van der Waals surface area contributed by atoms with Crippen molar-refractivity contribution >= 4 is 11.9 Å². The molecule has 2 heterocycles. The van der Waals surface area contributed by atoms with Crippen molar-refractivity contribution in [1.29, 1.82) is 0 Å². The van der Waals surface area contributed by atoms with Crippen LogP contribution >= 0.6 is 0 Å². The van der Waals surface area contributed by atoms with E-state index in [9.17, 15) is 9.59 Å². The highest BCUT2D eigenvalue weighted by Crippen LogP contribution is 2.24.